The van der Waals surface area contributed by atoms with Crippen molar-refractivity contribution in [3.63, 3.8) is 0 Å². The summed E-state index contributed by atoms with van der Waals surface area (Å²) in [6.45, 7) is 4.33. The van der Waals surface area contributed by atoms with E-state index in [-0.39, 0.29) is 11.2 Å². The first-order valence-corrected chi connectivity index (χ1v) is 4.86. The van der Waals surface area contributed by atoms with Gasteiger partial charge in [-0.3, -0.25) is 4.18 Å². The van der Waals surface area contributed by atoms with Gasteiger partial charge in [0.25, 0.3) is 10.1 Å². The Kier molecular flexibility index (Phi) is 1.76. The Labute approximate surface area is 61.5 Å². The van der Waals surface area contributed by atoms with Gasteiger partial charge in [0, 0.05) is 0 Å². The van der Waals surface area contributed by atoms with Crippen molar-refractivity contribution in [3.8, 4) is 0 Å². The Balaban J connectivity index is 2.63. The predicted octanol–water partition coefficient (Wildman–Crippen LogP) is 0.763. The van der Waals surface area contributed by atoms with E-state index in [9.17, 15) is 8.42 Å². The molecule has 0 unspecified atom stereocenters. The van der Waals surface area contributed by atoms with E-state index in [2.05, 4.69) is 4.18 Å². The maximum absolute atomic E-state index is 10.7. The smallest absolute Gasteiger partial charge is 0.267 e. The summed E-state index contributed by atoms with van der Waals surface area (Å²) in [7, 11) is -3.15. The molecular formula is C6H12O3S. The zero-order chi connectivity index (χ0) is 7.83. The van der Waals surface area contributed by atoms with Crippen molar-refractivity contribution in [2.24, 2.45) is 5.41 Å². The molecule has 0 N–H and O–H groups in total. The van der Waals surface area contributed by atoms with E-state index in [4.69, 9.17) is 0 Å². The fraction of sp³-hybridized carbons (Fsp3) is 1.00. The molecular weight excluding hydrogens is 152 g/mol. The molecule has 0 aliphatic carbocycles. The average Bonchev–Trinajstić information content (AvgIpc) is 1.79. The van der Waals surface area contributed by atoms with Gasteiger partial charge < -0.3 is 0 Å². The molecule has 0 radical (unpaired) electrons. The van der Waals surface area contributed by atoms with Crippen molar-refractivity contribution in [1.29, 1.82) is 0 Å². The Morgan fingerprint density at radius 2 is 2.00 bits per heavy atom. The van der Waals surface area contributed by atoms with Crippen molar-refractivity contribution in [2.45, 2.75) is 20.3 Å². The standard InChI is InChI=1S/C6H12O3S/c1-6(2)3-4-10(7,8)9-5-6/h3-5H2,1-2H3. The minimum Gasteiger partial charge on any atom is -0.270 e. The van der Waals surface area contributed by atoms with E-state index in [1.807, 2.05) is 13.8 Å². The molecule has 0 aromatic rings. The van der Waals surface area contributed by atoms with Crippen LogP contribution in [0.3, 0.4) is 0 Å². The van der Waals surface area contributed by atoms with Crippen LogP contribution >= 0.6 is 0 Å². The van der Waals surface area contributed by atoms with Crippen molar-refractivity contribution in [2.75, 3.05) is 12.4 Å². The third-order valence-corrected chi connectivity index (χ3v) is 2.84. The summed E-state index contributed by atoms with van der Waals surface area (Å²) in [5, 5.41) is 0. The highest BCUT2D eigenvalue weighted by Gasteiger charge is 2.29. The maximum atomic E-state index is 10.7. The van der Waals surface area contributed by atoms with Gasteiger partial charge in [0.15, 0.2) is 0 Å². The summed E-state index contributed by atoms with van der Waals surface area (Å²) in [4.78, 5) is 0. The van der Waals surface area contributed by atoms with Crippen molar-refractivity contribution < 1.29 is 12.6 Å². The second-order valence-corrected chi connectivity index (χ2v) is 5.20. The fourth-order valence-electron chi connectivity index (χ4n) is 0.782. The molecule has 3 nitrogen and oxygen atoms in total. The van der Waals surface area contributed by atoms with Crippen LogP contribution in [0.5, 0.6) is 0 Å². The van der Waals surface area contributed by atoms with Crippen molar-refractivity contribution >= 4 is 10.1 Å². The Morgan fingerprint density at radius 1 is 1.40 bits per heavy atom. The lowest BCUT2D eigenvalue weighted by molar-refractivity contribution is 0.159. The second kappa shape index (κ2) is 2.20. The molecule has 1 fully saturated rings. The van der Waals surface area contributed by atoms with Crippen LogP contribution in [0, 0.1) is 5.41 Å². The number of rotatable bonds is 0. The molecule has 0 aromatic carbocycles. The van der Waals surface area contributed by atoms with Crippen LogP contribution in [0.1, 0.15) is 20.3 Å². The third kappa shape index (κ3) is 1.95. The number of hydrogen-bond acceptors (Lipinski definition) is 3. The van der Waals surface area contributed by atoms with E-state index in [1.54, 1.807) is 0 Å². The minimum atomic E-state index is -3.15. The lowest BCUT2D eigenvalue weighted by atomic mass is 9.92. The molecule has 0 saturated carbocycles. The molecule has 0 spiro atoms. The topological polar surface area (TPSA) is 43.4 Å². The second-order valence-electron chi connectivity index (χ2n) is 3.44. The van der Waals surface area contributed by atoms with Crippen LogP contribution in [-0.2, 0) is 14.3 Å². The summed E-state index contributed by atoms with van der Waals surface area (Å²) in [6.07, 6.45) is 0.704. The minimum absolute atomic E-state index is 0.0331. The molecule has 1 aliphatic heterocycles. The van der Waals surface area contributed by atoms with Crippen LogP contribution in [0.2, 0.25) is 0 Å². The Morgan fingerprint density at radius 3 is 2.30 bits per heavy atom. The highest BCUT2D eigenvalue weighted by atomic mass is 32.2. The Bertz CT molecular complexity index is 199. The normalized spacial score (nSPS) is 29.8. The van der Waals surface area contributed by atoms with Gasteiger partial charge in [0.05, 0.1) is 12.4 Å². The first kappa shape index (κ1) is 8.01. The van der Waals surface area contributed by atoms with Gasteiger partial charge in [-0.25, -0.2) is 0 Å². The SMILES string of the molecule is CC1(C)CCS(=O)(=O)OC1. The van der Waals surface area contributed by atoms with Crippen LogP contribution in [0.4, 0.5) is 0 Å². The molecule has 1 saturated heterocycles. The van der Waals surface area contributed by atoms with Crippen LogP contribution in [-0.4, -0.2) is 20.8 Å². The van der Waals surface area contributed by atoms with Gasteiger partial charge in [-0.1, -0.05) is 13.8 Å². The van der Waals surface area contributed by atoms with Crippen molar-refractivity contribution in [1.82, 2.24) is 0 Å². The van der Waals surface area contributed by atoms with Gasteiger partial charge in [0.2, 0.25) is 0 Å². The first-order chi connectivity index (χ1) is 4.41. The average molecular weight is 164 g/mol. The van der Waals surface area contributed by atoms with Crippen LogP contribution in [0.15, 0.2) is 0 Å². The highest BCUT2D eigenvalue weighted by Crippen LogP contribution is 2.26. The lowest BCUT2D eigenvalue weighted by Crippen LogP contribution is -2.31. The van der Waals surface area contributed by atoms with Crippen LogP contribution < -0.4 is 0 Å². The zero-order valence-corrected chi connectivity index (χ0v) is 7.07. The quantitative estimate of drug-likeness (QED) is 0.496. The van der Waals surface area contributed by atoms with Gasteiger partial charge in [-0.15, -0.1) is 0 Å². The third-order valence-electron chi connectivity index (χ3n) is 1.66. The van der Waals surface area contributed by atoms with Gasteiger partial charge in [-0.05, 0) is 11.8 Å². The van der Waals surface area contributed by atoms with E-state index < -0.39 is 10.1 Å². The highest BCUT2D eigenvalue weighted by molar-refractivity contribution is 7.86. The summed E-state index contributed by atoms with van der Waals surface area (Å²) in [6, 6.07) is 0. The molecule has 0 aromatic heterocycles. The van der Waals surface area contributed by atoms with E-state index >= 15 is 0 Å². The lowest BCUT2D eigenvalue weighted by Gasteiger charge is -2.28. The molecule has 1 heterocycles. The largest absolute Gasteiger partial charge is 0.270 e. The van der Waals surface area contributed by atoms with Crippen LogP contribution in [0.25, 0.3) is 0 Å². The zero-order valence-electron chi connectivity index (χ0n) is 6.25. The molecule has 1 rings (SSSR count). The molecule has 0 atom stereocenters. The van der Waals surface area contributed by atoms with E-state index in [1.165, 1.54) is 0 Å². The molecule has 10 heavy (non-hydrogen) atoms. The van der Waals surface area contributed by atoms with Gasteiger partial charge in [-0.2, -0.15) is 8.42 Å². The molecule has 60 valence electrons. The summed E-state index contributed by atoms with van der Waals surface area (Å²) < 4.78 is 26.1. The number of hydrogen-bond donors (Lipinski definition) is 0. The predicted molar refractivity (Wildman–Crippen MR) is 38.1 cm³/mol. The Hall–Kier alpha value is -0.0900. The monoisotopic (exact) mass is 164 g/mol. The molecule has 0 bridgehead atoms. The summed E-state index contributed by atoms with van der Waals surface area (Å²) in [5.41, 5.74) is 0.0331. The summed E-state index contributed by atoms with van der Waals surface area (Å²) >= 11 is 0. The maximum Gasteiger partial charge on any atom is 0.267 e. The molecule has 1 aliphatic rings. The van der Waals surface area contributed by atoms with Crippen molar-refractivity contribution in [3.05, 3.63) is 0 Å². The first-order valence-electron chi connectivity index (χ1n) is 3.28. The van der Waals surface area contributed by atoms with E-state index in [0.717, 1.165) is 0 Å². The summed E-state index contributed by atoms with van der Waals surface area (Å²) in [5.74, 6) is 0.167. The molecule has 4 heteroatoms. The van der Waals surface area contributed by atoms with E-state index in [0.29, 0.717) is 13.0 Å². The van der Waals surface area contributed by atoms with Gasteiger partial charge >= 0.3 is 0 Å². The van der Waals surface area contributed by atoms with Gasteiger partial charge in [0.1, 0.15) is 0 Å². The molecule has 0 amide bonds. The fourth-order valence-corrected chi connectivity index (χ4v) is 2.20.